The molecule has 1 aliphatic carbocycles. The van der Waals surface area contributed by atoms with Gasteiger partial charge in [-0.15, -0.1) is 11.8 Å². The third-order valence-electron chi connectivity index (χ3n) is 3.56. The molecule has 2 aromatic rings. The first-order valence-electron chi connectivity index (χ1n) is 6.60. The third kappa shape index (κ3) is 2.76. The molecule has 0 spiro atoms. The Morgan fingerprint density at radius 3 is 2.57 bits per heavy atom. The average molecular weight is 308 g/mol. The van der Waals surface area contributed by atoms with E-state index in [1.165, 1.54) is 0 Å². The van der Waals surface area contributed by atoms with Gasteiger partial charge in [0.05, 0.1) is 6.10 Å². The minimum atomic E-state index is -0.678. The van der Waals surface area contributed by atoms with E-state index in [4.69, 9.17) is 4.74 Å². The van der Waals surface area contributed by atoms with Crippen molar-refractivity contribution in [3.63, 3.8) is 0 Å². The maximum absolute atomic E-state index is 13.2. The van der Waals surface area contributed by atoms with Gasteiger partial charge >= 0.3 is 0 Å². The maximum Gasteiger partial charge on any atom is 0.133 e. The Kier molecular flexibility index (Phi) is 3.87. The highest BCUT2D eigenvalue weighted by atomic mass is 32.2. The molecule has 0 fully saturated rings. The highest BCUT2D eigenvalue weighted by Crippen LogP contribution is 2.43. The first-order valence-corrected chi connectivity index (χ1v) is 7.82. The molecule has 1 aliphatic rings. The van der Waals surface area contributed by atoms with E-state index < -0.39 is 17.7 Å². The molecule has 1 N–H and O–H groups in total. The molecule has 0 bridgehead atoms. The van der Waals surface area contributed by atoms with E-state index in [-0.39, 0.29) is 5.75 Å². The van der Waals surface area contributed by atoms with E-state index in [0.29, 0.717) is 18.6 Å². The Bertz CT molecular complexity index is 668. The minimum Gasteiger partial charge on any atom is -0.457 e. The number of rotatable bonds is 3. The highest BCUT2D eigenvalue weighted by molar-refractivity contribution is 7.98. The fourth-order valence-corrected chi connectivity index (χ4v) is 3.34. The molecule has 0 saturated carbocycles. The minimum absolute atomic E-state index is 0.119. The number of fused-ring (bicyclic) bond motifs is 1. The molecule has 2 nitrogen and oxygen atoms in total. The fraction of sp³-hybridized carbons (Fsp3) is 0.250. The van der Waals surface area contributed by atoms with Crippen molar-refractivity contribution in [2.75, 3.05) is 6.26 Å². The van der Waals surface area contributed by atoms with Gasteiger partial charge in [-0.05, 0) is 31.2 Å². The lowest BCUT2D eigenvalue weighted by atomic mass is 10.1. The molecule has 0 radical (unpaired) electrons. The van der Waals surface area contributed by atoms with Crippen molar-refractivity contribution in [2.24, 2.45) is 0 Å². The summed E-state index contributed by atoms with van der Waals surface area (Å²) in [5.74, 6) is -0.692. The van der Waals surface area contributed by atoms with Gasteiger partial charge in [0.25, 0.3) is 0 Å². The molecule has 21 heavy (non-hydrogen) atoms. The number of halogens is 2. The van der Waals surface area contributed by atoms with Crippen LogP contribution in [0.4, 0.5) is 8.78 Å². The molecule has 1 atom stereocenters. The number of aliphatic hydroxyl groups excluding tert-OH is 1. The van der Waals surface area contributed by atoms with E-state index in [2.05, 4.69) is 0 Å². The van der Waals surface area contributed by atoms with Crippen molar-refractivity contribution in [2.45, 2.75) is 23.8 Å². The van der Waals surface area contributed by atoms with Crippen LogP contribution in [0.25, 0.3) is 0 Å². The van der Waals surface area contributed by atoms with Crippen LogP contribution in [0.15, 0.2) is 35.2 Å². The smallest absolute Gasteiger partial charge is 0.133 e. The Labute approximate surface area is 125 Å². The van der Waals surface area contributed by atoms with Gasteiger partial charge in [-0.3, -0.25) is 0 Å². The van der Waals surface area contributed by atoms with Crippen LogP contribution in [-0.2, 0) is 6.42 Å². The Morgan fingerprint density at radius 1 is 1.19 bits per heavy atom. The van der Waals surface area contributed by atoms with Gasteiger partial charge in [0.1, 0.15) is 23.1 Å². The zero-order valence-corrected chi connectivity index (χ0v) is 12.2. The van der Waals surface area contributed by atoms with Crippen molar-refractivity contribution in [3.05, 3.63) is 53.1 Å². The first-order chi connectivity index (χ1) is 10.1. The van der Waals surface area contributed by atoms with E-state index in [0.717, 1.165) is 34.2 Å². The molecule has 0 saturated heterocycles. The predicted molar refractivity (Wildman–Crippen MR) is 77.9 cm³/mol. The summed E-state index contributed by atoms with van der Waals surface area (Å²) < 4.78 is 32.1. The van der Waals surface area contributed by atoms with E-state index in [9.17, 15) is 13.9 Å². The van der Waals surface area contributed by atoms with Crippen LogP contribution in [0.1, 0.15) is 23.7 Å². The van der Waals surface area contributed by atoms with Gasteiger partial charge in [-0.1, -0.05) is 0 Å². The van der Waals surface area contributed by atoms with Gasteiger partial charge in [0, 0.05) is 34.2 Å². The summed E-state index contributed by atoms with van der Waals surface area (Å²) in [7, 11) is 0. The van der Waals surface area contributed by atoms with E-state index in [1.54, 1.807) is 17.8 Å². The van der Waals surface area contributed by atoms with Crippen molar-refractivity contribution < 1.29 is 18.6 Å². The fourth-order valence-electron chi connectivity index (χ4n) is 2.66. The summed E-state index contributed by atoms with van der Waals surface area (Å²) in [6, 6.07) is 6.74. The van der Waals surface area contributed by atoms with Gasteiger partial charge in [0.15, 0.2) is 0 Å². The molecule has 5 heteroatoms. The van der Waals surface area contributed by atoms with Crippen molar-refractivity contribution >= 4 is 11.8 Å². The second-order valence-corrected chi connectivity index (χ2v) is 5.77. The monoisotopic (exact) mass is 308 g/mol. The number of aliphatic hydroxyl groups is 1. The number of thioether (sulfide) groups is 1. The summed E-state index contributed by atoms with van der Waals surface area (Å²) in [4.78, 5) is 1.01. The molecular weight excluding hydrogens is 294 g/mol. The highest BCUT2D eigenvalue weighted by Gasteiger charge is 2.27. The number of hydrogen-bond donors (Lipinski definition) is 1. The van der Waals surface area contributed by atoms with Crippen LogP contribution in [-0.4, -0.2) is 11.4 Å². The van der Waals surface area contributed by atoms with E-state index in [1.807, 2.05) is 12.3 Å². The Morgan fingerprint density at radius 2 is 1.90 bits per heavy atom. The van der Waals surface area contributed by atoms with Gasteiger partial charge in [0.2, 0.25) is 0 Å². The number of ether oxygens (including phenoxy) is 1. The van der Waals surface area contributed by atoms with Crippen LogP contribution in [0, 0.1) is 11.6 Å². The zero-order chi connectivity index (χ0) is 15.0. The van der Waals surface area contributed by atoms with Crippen molar-refractivity contribution in [1.29, 1.82) is 0 Å². The lowest BCUT2D eigenvalue weighted by Crippen LogP contribution is -1.96. The van der Waals surface area contributed by atoms with Crippen molar-refractivity contribution in [1.82, 2.24) is 0 Å². The summed E-state index contributed by atoms with van der Waals surface area (Å²) in [5, 5.41) is 10.1. The quantitative estimate of drug-likeness (QED) is 0.849. The van der Waals surface area contributed by atoms with Crippen LogP contribution in [0.5, 0.6) is 11.5 Å². The molecule has 0 aromatic heterocycles. The Balaban J connectivity index is 2.00. The molecular formula is C16H14F2O2S. The van der Waals surface area contributed by atoms with Gasteiger partial charge in [-0.2, -0.15) is 0 Å². The molecule has 1 unspecified atom stereocenters. The van der Waals surface area contributed by atoms with Crippen LogP contribution < -0.4 is 4.74 Å². The summed E-state index contributed by atoms with van der Waals surface area (Å²) >= 11 is 1.56. The summed E-state index contributed by atoms with van der Waals surface area (Å²) in [6.45, 7) is 0. The standard InChI is InChI=1S/C16H14F2O2S/c1-21-15-5-4-14(12-2-3-13(19)16(12)15)20-11-7-9(17)6-10(18)8-11/h4-8,13,19H,2-3H2,1H3. The maximum atomic E-state index is 13.2. The predicted octanol–water partition coefficient (Wildman–Crippen LogP) is 4.46. The molecule has 3 rings (SSSR count). The third-order valence-corrected chi connectivity index (χ3v) is 4.35. The largest absolute Gasteiger partial charge is 0.457 e. The molecule has 0 aliphatic heterocycles. The molecule has 0 heterocycles. The Hall–Kier alpha value is -1.59. The molecule has 0 amide bonds. The second kappa shape index (κ2) is 5.66. The summed E-state index contributed by atoms with van der Waals surface area (Å²) in [5.41, 5.74) is 1.79. The van der Waals surface area contributed by atoms with Crippen LogP contribution >= 0.6 is 11.8 Å². The molecule has 2 aromatic carbocycles. The van der Waals surface area contributed by atoms with Crippen LogP contribution in [0.2, 0.25) is 0 Å². The topological polar surface area (TPSA) is 29.5 Å². The average Bonchev–Trinajstić information content (AvgIpc) is 2.81. The molecule has 110 valence electrons. The normalized spacial score (nSPS) is 16.9. The van der Waals surface area contributed by atoms with Gasteiger partial charge < -0.3 is 9.84 Å². The van der Waals surface area contributed by atoms with Gasteiger partial charge in [-0.25, -0.2) is 8.78 Å². The first kappa shape index (κ1) is 14.4. The summed E-state index contributed by atoms with van der Waals surface area (Å²) in [6.07, 6.45) is 2.78. The number of benzene rings is 2. The second-order valence-electron chi connectivity index (χ2n) is 4.92. The SMILES string of the molecule is CSc1ccc(Oc2cc(F)cc(F)c2)c2c1C(O)CC2. The lowest BCUT2D eigenvalue weighted by molar-refractivity contribution is 0.177. The lowest BCUT2D eigenvalue weighted by Gasteiger charge is -2.14. The van der Waals surface area contributed by atoms with Crippen LogP contribution in [0.3, 0.4) is 0 Å². The number of hydrogen-bond acceptors (Lipinski definition) is 3. The van der Waals surface area contributed by atoms with Crippen molar-refractivity contribution in [3.8, 4) is 11.5 Å². The van der Waals surface area contributed by atoms with E-state index >= 15 is 0 Å². The zero-order valence-electron chi connectivity index (χ0n) is 11.4.